The molecule has 1 N–H and O–H groups in total. The number of Topliss-reactive ketones (excluding diaryl/α,β-unsaturated/α-hetero) is 1. The minimum Gasteiger partial charge on any atom is -0.393 e. The number of aliphatic hydroxyl groups is 1. The minimum atomic E-state index is -0.117. The first-order chi connectivity index (χ1) is 7.08. The van der Waals surface area contributed by atoms with Gasteiger partial charge in [0.2, 0.25) is 0 Å². The summed E-state index contributed by atoms with van der Waals surface area (Å²) in [4.78, 5) is 13.8. The average Bonchev–Trinajstić information content (AvgIpc) is 2.69. The van der Waals surface area contributed by atoms with Gasteiger partial charge in [-0.2, -0.15) is 0 Å². The molecule has 2 aliphatic rings. The van der Waals surface area contributed by atoms with Crippen molar-refractivity contribution in [2.45, 2.75) is 32.8 Å². The molecule has 1 saturated heterocycles. The summed E-state index contributed by atoms with van der Waals surface area (Å²) in [6.07, 6.45) is 1.98. The van der Waals surface area contributed by atoms with Gasteiger partial charge in [-0.25, -0.2) is 0 Å². The zero-order valence-corrected chi connectivity index (χ0v) is 9.65. The summed E-state index contributed by atoms with van der Waals surface area (Å²) in [5.41, 5.74) is 0. The maximum atomic E-state index is 11.6. The van der Waals surface area contributed by atoms with Crippen molar-refractivity contribution in [3.63, 3.8) is 0 Å². The summed E-state index contributed by atoms with van der Waals surface area (Å²) in [5, 5.41) is 9.75. The van der Waals surface area contributed by atoms with Gasteiger partial charge in [-0.05, 0) is 18.8 Å². The van der Waals surface area contributed by atoms with Gasteiger partial charge >= 0.3 is 0 Å². The number of carbonyl (C=O) groups excluding carboxylic acids is 1. The van der Waals surface area contributed by atoms with E-state index in [0.717, 1.165) is 25.9 Å². The molecule has 15 heavy (non-hydrogen) atoms. The fourth-order valence-electron chi connectivity index (χ4n) is 2.86. The van der Waals surface area contributed by atoms with Crippen molar-refractivity contribution in [3.8, 4) is 0 Å². The lowest BCUT2D eigenvalue weighted by molar-refractivity contribution is -0.122. The third kappa shape index (κ3) is 2.23. The van der Waals surface area contributed by atoms with Crippen molar-refractivity contribution in [1.29, 1.82) is 0 Å². The van der Waals surface area contributed by atoms with E-state index in [1.165, 1.54) is 0 Å². The quantitative estimate of drug-likeness (QED) is 0.754. The van der Waals surface area contributed by atoms with Gasteiger partial charge in [0.05, 0.1) is 12.6 Å². The first kappa shape index (κ1) is 11.1. The van der Waals surface area contributed by atoms with Gasteiger partial charge < -0.3 is 5.11 Å². The van der Waals surface area contributed by atoms with E-state index in [2.05, 4.69) is 4.90 Å². The van der Waals surface area contributed by atoms with E-state index >= 15 is 0 Å². The van der Waals surface area contributed by atoms with E-state index in [4.69, 9.17) is 0 Å². The van der Waals surface area contributed by atoms with Crippen LogP contribution in [0.2, 0.25) is 0 Å². The number of ketones is 1. The predicted octanol–water partition coefficient (Wildman–Crippen LogP) is 0.914. The van der Waals surface area contributed by atoms with Crippen LogP contribution in [0, 0.1) is 17.8 Å². The third-order valence-corrected chi connectivity index (χ3v) is 3.92. The Hall–Kier alpha value is -0.410. The number of nitrogens with zero attached hydrogens (tertiary/aromatic N) is 1. The van der Waals surface area contributed by atoms with Gasteiger partial charge in [0.1, 0.15) is 5.78 Å². The highest BCUT2D eigenvalue weighted by molar-refractivity contribution is 5.82. The molecule has 0 radical (unpaired) electrons. The molecule has 0 bridgehead atoms. The Morgan fingerprint density at radius 3 is 2.73 bits per heavy atom. The second kappa shape index (κ2) is 4.22. The second-order valence-electron chi connectivity index (χ2n) is 5.38. The summed E-state index contributed by atoms with van der Waals surface area (Å²) in [6, 6.07) is 0. The molecule has 0 amide bonds. The molecule has 0 aromatic carbocycles. The van der Waals surface area contributed by atoms with Crippen LogP contribution in [-0.4, -0.2) is 41.5 Å². The number of rotatable bonds is 3. The third-order valence-electron chi connectivity index (χ3n) is 3.92. The molecule has 86 valence electrons. The molecule has 3 atom stereocenters. The Bertz CT molecular complexity index is 252. The number of hydrogen-bond donors (Lipinski definition) is 1. The van der Waals surface area contributed by atoms with E-state index in [-0.39, 0.29) is 12.0 Å². The van der Waals surface area contributed by atoms with Crippen LogP contribution >= 0.6 is 0 Å². The monoisotopic (exact) mass is 211 g/mol. The Balaban J connectivity index is 1.86. The lowest BCUT2D eigenvalue weighted by atomic mass is 10.00. The standard InChI is InChI=1S/C12H21NO2/c1-8(2)12(15)7-13-5-9-3-4-11(14)10(9)6-13/h8-11,14H,3-7H2,1-2H3. The number of fused-ring (bicyclic) bond motifs is 1. The van der Waals surface area contributed by atoms with Crippen LogP contribution in [0.1, 0.15) is 26.7 Å². The summed E-state index contributed by atoms with van der Waals surface area (Å²) < 4.78 is 0. The number of aliphatic hydroxyl groups excluding tert-OH is 1. The number of carbonyl (C=O) groups is 1. The van der Waals surface area contributed by atoms with Crippen molar-refractivity contribution in [3.05, 3.63) is 0 Å². The molecule has 3 nitrogen and oxygen atoms in total. The van der Waals surface area contributed by atoms with Crippen LogP contribution in [0.15, 0.2) is 0 Å². The lowest BCUT2D eigenvalue weighted by Crippen LogP contribution is -2.31. The first-order valence-corrected chi connectivity index (χ1v) is 6.01. The molecular formula is C12H21NO2. The van der Waals surface area contributed by atoms with E-state index in [0.29, 0.717) is 24.2 Å². The van der Waals surface area contributed by atoms with Gasteiger partial charge in [-0.15, -0.1) is 0 Å². The van der Waals surface area contributed by atoms with Gasteiger partial charge in [-0.3, -0.25) is 9.69 Å². The molecule has 0 aromatic heterocycles. The minimum absolute atomic E-state index is 0.117. The normalized spacial score (nSPS) is 36.1. The van der Waals surface area contributed by atoms with Crippen LogP contribution in [0.5, 0.6) is 0 Å². The van der Waals surface area contributed by atoms with Crippen molar-refractivity contribution < 1.29 is 9.90 Å². The van der Waals surface area contributed by atoms with Gasteiger partial charge in [0.25, 0.3) is 0 Å². The zero-order chi connectivity index (χ0) is 11.0. The molecule has 1 heterocycles. The summed E-state index contributed by atoms with van der Waals surface area (Å²) >= 11 is 0. The number of hydrogen-bond acceptors (Lipinski definition) is 3. The molecule has 1 saturated carbocycles. The fraction of sp³-hybridized carbons (Fsp3) is 0.917. The van der Waals surface area contributed by atoms with Gasteiger partial charge in [0, 0.05) is 24.9 Å². The molecule has 1 aliphatic carbocycles. The first-order valence-electron chi connectivity index (χ1n) is 6.01. The maximum Gasteiger partial charge on any atom is 0.149 e. The summed E-state index contributed by atoms with van der Waals surface area (Å²) in [5.74, 6) is 1.53. The molecule has 2 rings (SSSR count). The highest BCUT2D eigenvalue weighted by Gasteiger charge is 2.41. The Kier molecular flexibility index (Phi) is 3.12. The Labute approximate surface area is 91.5 Å². The summed E-state index contributed by atoms with van der Waals surface area (Å²) in [6.45, 7) is 6.42. The zero-order valence-electron chi connectivity index (χ0n) is 9.65. The highest BCUT2D eigenvalue weighted by atomic mass is 16.3. The molecule has 0 spiro atoms. The Morgan fingerprint density at radius 2 is 2.13 bits per heavy atom. The largest absolute Gasteiger partial charge is 0.393 e. The molecule has 3 unspecified atom stereocenters. The van der Waals surface area contributed by atoms with Crippen LogP contribution in [0.25, 0.3) is 0 Å². The van der Waals surface area contributed by atoms with Gasteiger partial charge in [-0.1, -0.05) is 13.8 Å². The Morgan fingerprint density at radius 1 is 1.40 bits per heavy atom. The van der Waals surface area contributed by atoms with Crippen LogP contribution < -0.4 is 0 Å². The van der Waals surface area contributed by atoms with E-state index < -0.39 is 0 Å². The van der Waals surface area contributed by atoms with E-state index in [1.807, 2.05) is 13.8 Å². The molecule has 3 heteroatoms. The van der Waals surface area contributed by atoms with Crippen molar-refractivity contribution in [1.82, 2.24) is 4.90 Å². The smallest absolute Gasteiger partial charge is 0.149 e. The van der Waals surface area contributed by atoms with Crippen LogP contribution in [0.4, 0.5) is 0 Å². The van der Waals surface area contributed by atoms with Gasteiger partial charge in [0.15, 0.2) is 0 Å². The maximum absolute atomic E-state index is 11.6. The predicted molar refractivity (Wildman–Crippen MR) is 58.5 cm³/mol. The van der Waals surface area contributed by atoms with Crippen LogP contribution in [-0.2, 0) is 4.79 Å². The van der Waals surface area contributed by atoms with E-state index in [9.17, 15) is 9.90 Å². The van der Waals surface area contributed by atoms with Crippen molar-refractivity contribution in [2.75, 3.05) is 19.6 Å². The number of likely N-dealkylation sites (tertiary alicyclic amines) is 1. The average molecular weight is 211 g/mol. The van der Waals surface area contributed by atoms with E-state index in [1.54, 1.807) is 0 Å². The molecule has 1 aliphatic heterocycles. The highest BCUT2D eigenvalue weighted by Crippen LogP contribution is 2.37. The fourth-order valence-corrected chi connectivity index (χ4v) is 2.86. The van der Waals surface area contributed by atoms with Crippen molar-refractivity contribution in [2.24, 2.45) is 17.8 Å². The summed E-state index contributed by atoms with van der Waals surface area (Å²) in [7, 11) is 0. The molecular weight excluding hydrogens is 190 g/mol. The molecule has 0 aromatic rings. The molecule has 2 fully saturated rings. The SMILES string of the molecule is CC(C)C(=O)CN1CC2CCC(O)C2C1. The second-order valence-corrected chi connectivity index (χ2v) is 5.38. The van der Waals surface area contributed by atoms with Crippen molar-refractivity contribution >= 4 is 5.78 Å². The lowest BCUT2D eigenvalue weighted by Gasteiger charge is -2.18. The van der Waals surface area contributed by atoms with Crippen LogP contribution in [0.3, 0.4) is 0 Å². The topological polar surface area (TPSA) is 40.5 Å².